The predicted octanol–water partition coefficient (Wildman–Crippen LogP) is 2.81. The summed E-state index contributed by atoms with van der Waals surface area (Å²) in [4.78, 5) is 10.5. The number of hydrogen-bond donors (Lipinski definition) is 1. The van der Waals surface area contributed by atoms with Crippen molar-refractivity contribution in [1.29, 1.82) is 0 Å². The Balaban J connectivity index is 2.41. The summed E-state index contributed by atoms with van der Waals surface area (Å²) in [6, 6.07) is 13.1. The fraction of sp³-hybridized carbons (Fsp3) is 0.154. The molecule has 0 fully saturated rings. The second kappa shape index (κ2) is 4.31. The Morgan fingerprint density at radius 3 is 2.62 bits per heavy atom. The molecule has 0 heterocycles. The summed E-state index contributed by atoms with van der Waals surface area (Å²) in [5.41, 5.74) is 0.730. The van der Waals surface area contributed by atoms with E-state index < -0.39 is 12.1 Å². The summed E-state index contributed by atoms with van der Waals surface area (Å²) in [7, 11) is 0. The van der Waals surface area contributed by atoms with Gasteiger partial charge in [-0.25, -0.2) is 9.18 Å². The van der Waals surface area contributed by atoms with Crippen molar-refractivity contribution in [3.8, 4) is 0 Å². The van der Waals surface area contributed by atoms with Crippen LogP contribution in [0.4, 0.5) is 4.39 Å². The van der Waals surface area contributed by atoms with Gasteiger partial charge in [-0.15, -0.1) is 0 Å². The summed E-state index contributed by atoms with van der Waals surface area (Å²) >= 11 is 0. The van der Waals surface area contributed by atoms with Gasteiger partial charge in [-0.3, -0.25) is 0 Å². The average molecular weight is 218 g/mol. The number of rotatable bonds is 3. The molecule has 2 nitrogen and oxygen atoms in total. The van der Waals surface area contributed by atoms with E-state index in [9.17, 15) is 9.18 Å². The lowest BCUT2D eigenvalue weighted by Gasteiger charge is -2.07. The first kappa shape index (κ1) is 10.6. The van der Waals surface area contributed by atoms with Crippen molar-refractivity contribution in [2.45, 2.75) is 12.6 Å². The van der Waals surface area contributed by atoms with Crippen LogP contribution in [0.5, 0.6) is 0 Å². The van der Waals surface area contributed by atoms with Crippen molar-refractivity contribution in [3.05, 3.63) is 48.0 Å². The molecule has 2 aromatic rings. The summed E-state index contributed by atoms with van der Waals surface area (Å²) in [6.07, 6.45) is -1.93. The molecule has 1 atom stereocenters. The molecule has 82 valence electrons. The van der Waals surface area contributed by atoms with Crippen LogP contribution in [-0.4, -0.2) is 17.2 Å². The highest BCUT2D eigenvalue weighted by molar-refractivity contribution is 5.86. The van der Waals surface area contributed by atoms with Crippen molar-refractivity contribution in [3.63, 3.8) is 0 Å². The molecular formula is C13H11FO2. The summed E-state index contributed by atoms with van der Waals surface area (Å²) in [5, 5.41) is 10.4. The van der Waals surface area contributed by atoms with Crippen LogP contribution in [0.3, 0.4) is 0 Å². The predicted molar refractivity (Wildman–Crippen MR) is 60.2 cm³/mol. The molecule has 2 rings (SSSR count). The third-order valence-electron chi connectivity index (χ3n) is 2.55. The molecule has 0 aliphatic rings. The Labute approximate surface area is 92.3 Å². The van der Waals surface area contributed by atoms with E-state index in [1.807, 2.05) is 36.4 Å². The maximum absolute atomic E-state index is 13.1. The van der Waals surface area contributed by atoms with Crippen LogP contribution in [0.1, 0.15) is 5.56 Å². The molecule has 1 unspecified atom stereocenters. The van der Waals surface area contributed by atoms with Crippen LogP contribution in [-0.2, 0) is 11.2 Å². The van der Waals surface area contributed by atoms with Crippen molar-refractivity contribution in [2.75, 3.05) is 0 Å². The van der Waals surface area contributed by atoms with E-state index in [1.165, 1.54) is 0 Å². The third-order valence-corrected chi connectivity index (χ3v) is 2.55. The van der Waals surface area contributed by atoms with Crippen LogP contribution < -0.4 is 0 Å². The van der Waals surface area contributed by atoms with Crippen LogP contribution in [0, 0.1) is 0 Å². The molecule has 0 aliphatic carbocycles. The molecule has 3 heteroatoms. The van der Waals surface area contributed by atoms with E-state index in [1.54, 1.807) is 6.07 Å². The molecule has 0 saturated heterocycles. The highest BCUT2D eigenvalue weighted by Gasteiger charge is 2.17. The van der Waals surface area contributed by atoms with E-state index in [2.05, 4.69) is 0 Å². The first-order valence-corrected chi connectivity index (χ1v) is 5.02. The van der Waals surface area contributed by atoms with Gasteiger partial charge >= 0.3 is 5.97 Å². The van der Waals surface area contributed by atoms with Crippen molar-refractivity contribution < 1.29 is 14.3 Å². The minimum Gasteiger partial charge on any atom is -0.479 e. The average Bonchev–Trinajstić information content (AvgIpc) is 2.29. The smallest absolute Gasteiger partial charge is 0.338 e. The maximum atomic E-state index is 13.1. The second-order valence-electron chi connectivity index (χ2n) is 3.65. The quantitative estimate of drug-likeness (QED) is 0.860. The molecule has 1 N–H and O–H groups in total. The minimum absolute atomic E-state index is 0.0866. The summed E-state index contributed by atoms with van der Waals surface area (Å²) in [5.74, 6) is -1.41. The highest BCUT2D eigenvalue weighted by atomic mass is 19.1. The lowest BCUT2D eigenvalue weighted by atomic mass is 10.0. The van der Waals surface area contributed by atoms with Gasteiger partial charge in [0.05, 0.1) is 0 Å². The van der Waals surface area contributed by atoms with Gasteiger partial charge in [0.1, 0.15) is 0 Å². The molecule has 16 heavy (non-hydrogen) atoms. The van der Waals surface area contributed by atoms with Crippen LogP contribution in [0.2, 0.25) is 0 Å². The van der Waals surface area contributed by atoms with E-state index in [0.717, 1.165) is 16.3 Å². The Morgan fingerprint density at radius 2 is 1.88 bits per heavy atom. The van der Waals surface area contributed by atoms with E-state index >= 15 is 0 Å². The zero-order chi connectivity index (χ0) is 11.5. The number of hydrogen-bond acceptors (Lipinski definition) is 1. The number of aliphatic carboxylic acids is 1. The third kappa shape index (κ3) is 2.03. The Kier molecular flexibility index (Phi) is 2.86. The second-order valence-corrected chi connectivity index (χ2v) is 3.65. The fourth-order valence-electron chi connectivity index (χ4n) is 1.75. The molecule has 0 spiro atoms. The van der Waals surface area contributed by atoms with Gasteiger partial charge in [0, 0.05) is 6.42 Å². The maximum Gasteiger partial charge on any atom is 0.338 e. The standard InChI is InChI=1S/C13H11FO2/c14-12(13(15)16)8-10-6-3-5-9-4-1-2-7-11(9)10/h1-7,12H,8H2,(H,15,16). The largest absolute Gasteiger partial charge is 0.479 e. The van der Waals surface area contributed by atoms with Gasteiger partial charge in [-0.2, -0.15) is 0 Å². The van der Waals surface area contributed by atoms with Crippen molar-refractivity contribution in [1.82, 2.24) is 0 Å². The monoisotopic (exact) mass is 218 g/mol. The van der Waals surface area contributed by atoms with Crippen molar-refractivity contribution in [2.24, 2.45) is 0 Å². The Bertz CT molecular complexity index is 517. The zero-order valence-corrected chi connectivity index (χ0v) is 8.56. The summed E-state index contributed by atoms with van der Waals surface area (Å²) < 4.78 is 13.1. The Morgan fingerprint density at radius 1 is 1.19 bits per heavy atom. The molecule has 0 aromatic heterocycles. The number of carbonyl (C=O) groups is 1. The molecule has 0 amide bonds. The molecule has 2 aromatic carbocycles. The fourth-order valence-corrected chi connectivity index (χ4v) is 1.75. The molecular weight excluding hydrogens is 207 g/mol. The van der Waals surface area contributed by atoms with Crippen LogP contribution in [0.25, 0.3) is 10.8 Å². The molecule has 0 aliphatic heterocycles. The van der Waals surface area contributed by atoms with Crippen LogP contribution in [0.15, 0.2) is 42.5 Å². The normalized spacial score (nSPS) is 12.6. The van der Waals surface area contributed by atoms with Gasteiger partial charge < -0.3 is 5.11 Å². The summed E-state index contributed by atoms with van der Waals surface area (Å²) in [6.45, 7) is 0. The molecule has 0 saturated carbocycles. The van der Waals surface area contributed by atoms with Gasteiger partial charge in [0.25, 0.3) is 0 Å². The number of alkyl halides is 1. The first-order valence-electron chi connectivity index (χ1n) is 5.02. The SMILES string of the molecule is O=C(O)C(F)Cc1cccc2ccccc12. The number of benzene rings is 2. The van der Waals surface area contributed by atoms with Gasteiger partial charge in [-0.05, 0) is 16.3 Å². The number of carboxylic acids is 1. The zero-order valence-electron chi connectivity index (χ0n) is 8.56. The lowest BCUT2D eigenvalue weighted by molar-refractivity contribution is -0.142. The van der Waals surface area contributed by atoms with Gasteiger partial charge in [-0.1, -0.05) is 42.5 Å². The van der Waals surface area contributed by atoms with Gasteiger partial charge in [0.15, 0.2) is 0 Å². The molecule has 0 radical (unpaired) electrons. The van der Waals surface area contributed by atoms with Crippen LogP contribution >= 0.6 is 0 Å². The first-order chi connectivity index (χ1) is 7.68. The van der Waals surface area contributed by atoms with E-state index in [-0.39, 0.29) is 6.42 Å². The van der Waals surface area contributed by atoms with Gasteiger partial charge in [0.2, 0.25) is 6.17 Å². The highest BCUT2D eigenvalue weighted by Crippen LogP contribution is 2.20. The van der Waals surface area contributed by atoms with E-state index in [0.29, 0.717) is 0 Å². The van der Waals surface area contributed by atoms with E-state index in [4.69, 9.17) is 5.11 Å². The minimum atomic E-state index is -1.84. The molecule has 0 bridgehead atoms. The van der Waals surface area contributed by atoms with Crippen molar-refractivity contribution >= 4 is 16.7 Å². The number of carboxylic acid groups (broad SMARTS) is 1. The number of fused-ring (bicyclic) bond motifs is 1. The number of halogens is 1. The Hall–Kier alpha value is -1.90. The topological polar surface area (TPSA) is 37.3 Å². The lowest BCUT2D eigenvalue weighted by Crippen LogP contribution is -2.17.